The number of nitro benzene ring substituents is 1. The molecule has 8 heteroatoms. The lowest BCUT2D eigenvalue weighted by Crippen LogP contribution is -2.12. The molecule has 4 rings (SSSR count). The molecule has 0 bridgehead atoms. The first kappa shape index (κ1) is 17.7. The molecular formula is C20H14ClN5O2. The monoisotopic (exact) mass is 391 g/mol. The SMILES string of the molecule is O=[N+]([O-])c1cccc(NNc2nc3cc(Cl)ccc3nc2-c2ccccc2)c1. The Kier molecular flexibility index (Phi) is 4.74. The third kappa shape index (κ3) is 3.70. The number of hydrogen-bond acceptors (Lipinski definition) is 6. The fourth-order valence-electron chi connectivity index (χ4n) is 2.74. The van der Waals surface area contributed by atoms with Crippen LogP contribution in [0.25, 0.3) is 22.3 Å². The quantitative estimate of drug-likeness (QED) is 0.354. The lowest BCUT2D eigenvalue weighted by molar-refractivity contribution is -0.384. The van der Waals surface area contributed by atoms with Gasteiger partial charge in [-0.15, -0.1) is 0 Å². The van der Waals surface area contributed by atoms with E-state index < -0.39 is 4.92 Å². The molecular weight excluding hydrogens is 378 g/mol. The Hall–Kier alpha value is -3.71. The highest BCUT2D eigenvalue weighted by molar-refractivity contribution is 6.31. The van der Waals surface area contributed by atoms with E-state index in [1.165, 1.54) is 12.1 Å². The number of hydrazine groups is 1. The van der Waals surface area contributed by atoms with Crippen LogP contribution in [0.1, 0.15) is 0 Å². The molecule has 0 fully saturated rings. The zero-order valence-corrected chi connectivity index (χ0v) is 15.2. The fraction of sp³-hybridized carbons (Fsp3) is 0. The first-order chi connectivity index (χ1) is 13.6. The molecule has 138 valence electrons. The predicted octanol–water partition coefficient (Wildman–Crippen LogP) is 5.30. The summed E-state index contributed by atoms with van der Waals surface area (Å²) in [5, 5.41) is 11.5. The van der Waals surface area contributed by atoms with E-state index in [1.807, 2.05) is 36.4 Å². The van der Waals surface area contributed by atoms with E-state index in [2.05, 4.69) is 15.8 Å². The minimum Gasteiger partial charge on any atom is -0.299 e. The van der Waals surface area contributed by atoms with Crippen molar-refractivity contribution in [3.63, 3.8) is 0 Å². The van der Waals surface area contributed by atoms with Gasteiger partial charge in [-0.3, -0.25) is 21.0 Å². The van der Waals surface area contributed by atoms with Crippen LogP contribution >= 0.6 is 11.6 Å². The van der Waals surface area contributed by atoms with Gasteiger partial charge in [0.15, 0.2) is 5.82 Å². The molecule has 0 aliphatic rings. The summed E-state index contributed by atoms with van der Waals surface area (Å²) in [6.07, 6.45) is 0. The van der Waals surface area contributed by atoms with Crippen molar-refractivity contribution in [1.29, 1.82) is 0 Å². The van der Waals surface area contributed by atoms with Crippen molar-refractivity contribution in [3.8, 4) is 11.3 Å². The molecule has 1 aromatic heterocycles. The largest absolute Gasteiger partial charge is 0.299 e. The number of fused-ring (bicyclic) bond motifs is 1. The van der Waals surface area contributed by atoms with E-state index in [0.29, 0.717) is 33.3 Å². The molecule has 1 heterocycles. The van der Waals surface area contributed by atoms with Crippen LogP contribution in [0.15, 0.2) is 72.8 Å². The Morgan fingerprint density at radius 1 is 0.857 bits per heavy atom. The molecule has 0 aliphatic carbocycles. The molecule has 0 radical (unpaired) electrons. The summed E-state index contributed by atoms with van der Waals surface area (Å²) in [6, 6.07) is 21.1. The standard InChI is InChI=1S/C20H14ClN5O2/c21-14-9-10-17-18(11-14)23-20(19(22-17)13-5-2-1-3-6-13)25-24-15-7-4-8-16(12-15)26(27)28/h1-12,24H,(H,23,25). The van der Waals surface area contributed by atoms with Crippen LogP contribution in [0.4, 0.5) is 17.2 Å². The van der Waals surface area contributed by atoms with Crippen molar-refractivity contribution in [1.82, 2.24) is 9.97 Å². The van der Waals surface area contributed by atoms with Gasteiger partial charge in [-0.05, 0) is 24.3 Å². The first-order valence-corrected chi connectivity index (χ1v) is 8.77. The molecule has 0 atom stereocenters. The Labute approximate surface area is 165 Å². The van der Waals surface area contributed by atoms with Crippen LogP contribution < -0.4 is 10.9 Å². The maximum absolute atomic E-state index is 11.0. The van der Waals surface area contributed by atoms with E-state index in [-0.39, 0.29) is 5.69 Å². The maximum atomic E-state index is 11.0. The number of nitrogens with one attached hydrogen (secondary N) is 2. The molecule has 2 N–H and O–H groups in total. The van der Waals surface area contributed by atoms with Gasteiger partial charge in [-0.25, -0.2) is 9.97 Å². The summed E-state index contributed by atoms with van der Waals surface area (Å²) in [7, 11) is 0. The van der Waals surface area contributed by atoms with Gasteiger partial charge in [0.25, 0.3) is 5.69 Å². The normalized spacial score (nSPS) is 10.6. The highest BCUT2D eigenvalue weighted by Gasteiger charge is 2.12. The maximum Gasteiger partial charge on any atom is 0.271 e. The molecule has 0 unspecified atom stereocenters. The van der Waals surface area contributed by atoms with Crippen LogP contribution in [-0.4, -0.2) is 14.9 Å². The average molecular weight is 392 g/mol. The van der Waals surface area contributed by atoms with Crippen LogP contribution in [0.2, 0.25) is 5.02 Å². The van der Waals surface area contributed by atoms with E-state index in [9.17, 15) is 10.1 Å². The number of benzene rings is 3. The second-order valence-electron chi connectivity index (χ2n) is 5.98. The zero-order chi connectivity index (χ0) is 19.5. The van der Waals surface area contributed by atoms with E-state index in [0.717, 1.165) is 5.56 Å². The van der Waals surface area contributed by atoms with Crippen LogP contribution in [0.3, 0.4) is 0 Å². The highest BCUT2D eigenvalue weighted by atomic mass is 35.5. The van der Waals surface area contributed by atoms with Crippen molar-refractivity contribution in [3.05, 3.63) is 87.9 Å². The Bertz CT molecular complexity index is 1170. The van der Waals surface area contributed by atoms with Crippen LogP contribution in [-0.2, 0) is 0 Å². The van der Waals surface area contributed by atoms with Gasteiger partial charge in [0.1, 0.15) is 5.69 Å². The molecule has 7 nitrogen and oxygen atoms in total. The third-order valence-electron chi connectivity index (χ3n) is 4.06. The summed E-state index contributed by atoms with van der Waals surface area (Å²) in [6.45, 7) is 0. The van der Waals surface area contributed by atoms with E-state index >= 15 is 0 Å². The van der Waals surface area contributed by atoms with Gasteiger partial charge in [0, 0.05) is 22.7 Å². The zero-order valence-electron chi connectivity index (χ0n) is 14.5. The van der Waals surface area contributed by atoms with Gasteiger partial charge in [-0.2, -0.15) is 0 Å². The molecule has 0 amide bonds. The predicted molar refractivity (Wildman–Crippen MR) is 110 cm³/mol. The van der Waals surface area contributed by atoms with Crippen molar-refractivity contribution in [2.75, 3.05) is 10.9 Å². The molecule has 0 saturated heterocycles. The summed E-state index contributed by atoms with van der Waals surface area (Å²) in [4.78, 5) is 19.9. The van der Waals surface area contributed by atoms with Gasteiger partial charge in [0.2, 0.25) is 0 Å². The first-order valence-electron chi connectivity index (χ1n) is 8.39. The number of anilines is 2. The average Bonchev–Trinajstić information content (AvgIpc) is 2.72. The van der Waals surface area contributed by atoms with Gasteiger partial charge < -0.3 is 0 Å². The summed E-state index contributed by atoms with van der Waals surface area (Å²) < 4.78 is 0. The second-order valence-corrected chi connectivity index (χ2v) is 6.41. The molecule has 28 heavy (non-hydrogen) atoms. The number of hydrogen-bond donors (Lipinski definition) is 2. The van der Waals surface area contributed by atoms with Crippen LogP contribution in [0, 0.1) is 10.1 Å². The number of halogens is 1. The lowest BCUT2D eigenvalue weighted by Gasteiger charge is -2.14. The second kappa shape index (κ2) is 7.50. The van der Waals surface area contributed by atoms with E-state index in [1.54, 1.807) is 24.3 Å². The van der Waals surface area contributed by atoms with Crippen molar-refractivity contribution >= 4 is 39.8 Å². The molecule has 0 spiro atoms. The third-order valence-corrected chi connectivity index (χ3v) is 4.29. The summed E-state index contributed by atoms with van der Waals surface area (Å²) in [5.41, 5.74) is 9.37. The van der Waals surface area contributed by atoms with Crippen LogP contribution in [0.5, 0.6) is 0 Å². The van der Waals surface area contributed by atoms with Gasteiger partial charge >= 0.3 is 0 Å². The number of rotatable bonds is 5. The molecule has 0 saturated carbocycles. The van der Waals surface area contributed by atoms with Gasteiger partial charge in [-0.1, -0.05) is 48.0 Å². The summed E-state index contributed by atoms with van der Waals surface area (Å²) >= 11 is 6.08. The van der Waals surface area contributed by atoms with Gasteiger partial charge in [0.05, 0.1) is 21.6 Å². The highest BCUT2D eigenvalue weighted by Crippen LogP contribution is 2.28. The minimum atomic E-state index is -0.446. The molecule has 3 aromatic carbocycles. The Morgan fingerprint density at radius 3 is 2.46 bits per heavy atom. The molecule has 0 aliphatic heterocycles. The Balaban J connectivity index is 1.74. The lowest BCUT2D eigenvalue weighted by atomic mass is 10.1. The number of aromatic nitrogens is 2. The molecule has 4 aromatic rings. The van der Waals surface area contributed by atoms with Crippen molar-refractivity contribution in [2.45, 2.75) is 0 Å². The number of nitrogens with zero attached hydrogens (tertiary/aromatic N) is 3. The topological polar surface area (TPSA) is 93.0 Å². The number of nitro groups is 1. The minimum absolute atomic E-state index is 0.00791. The van der Waals surface area contributed by atoms with Crippen molar-refractivity contribution in [2.24, 2.45) is 0 Å². The van der Waals surface area contributed by atoms with Crippen molar-refractivity contribution < 1.29 is 4.92 Å². The Morgan fingerprint density at radius 2 is 1.68 bits per heavy atom. The smallest absolute Gasteiger partial charge is 0.271 e. The fourth-order valence-corrected chi connectivity index (χ4v) is 2.91. The number of non-ortho nitro benzene ring substituents is 1. The summed E-state index contributed by atoms with van der Waals surface area (Å²) in [5.74, 6) is 0.479. The van der Waals surface area contributed by atoms with E-state index in [4.69, 9.17) is 16.6 Å².